The zero-order chi connectivity index (χ0) is 19.4. The van der Waals surface area contributed by atoms with Gasteiger partial charge in [0.2, 0.25) is 0 Å². The molecular weight excluding hydrogens is 360 g/mol. The second kappa shape index (κ2) is 8.21. The quantitative estimate of drug-likeness (QED) is 0.762. The van der Waals surface area contributed by atoms with Gasteiger partial charge >= 0.3 is 0 Å². The van der Waals surface area contributed by atoms with Crippen molar-refractivity contribution in [2.45, 2.75) is 39.2 Å². The third-order valence-corrected chi connectivity index (χ3v) is 6.80. The Morgan fingerprint density at radius 3 is 2.52 bits per heavy atom. The standard InChI is InChI=1S/C21H26N2O3S/c1-3-4-13-23(18-12-14-27(25,26)15-18)21(24)19-10-11-20(22-16(19)2)17-8-6-5-7-9-17/h5-11,18H,3-4,12-15H2,1-2H3. The monoisotopic (exact) mass is 386 g/mol. The summed E-state index contributed by atoms with van der Waals surface area (Å²) in [5.74, 6) is 0.115. The Hall–Kier alpha value is -2.21. The summed E-state index contributed by atoms with van der Waals surface area (Å²) in [4.78, 5) is 19.6. The van der Waals surface area contributed by atoms with Crippen LogP contribution < -0.4 is 0 Å². The first-order valence-corrected chi connectivity index (χ1v) is 11.3. The average Bonchev–Trinajstić information content (AvgIpc) is 3.02. The molecule has 1 fully saturated rings. The molecule has 0 spiro atoms. The highest BCUT2D eigenvalue weighted by molar-refractivity contribution is 7.91. The van der Waals surface area contributed by atoms with Gasteiger partial charge in [0.1, 0.15) is 0 Å². The lowest BCUT2D eigenvalue weighted by Gasteiger charge is -2.28. The van der Waals surface area contributed by atoms with Crippen molar-refractivity contribution in [3.05, 3.63) is 53.7 Å². The summed E-state index contributed by atoms with van der Waals surface area (Å²) in [7, 11) is -3.04. The normalized spacial score (nSPS) is 18.4. The van der Waals surface area contributed by atoms with Gasteiger partial charge in [0.15, 0.2) is 9.84 Å². The summed E-state index contributed by atoms with van der Waals surface area (Å²) in [5.41, 5.74) is 3.05. The number of nitrogens with zero attached hydrogens (tertiary/aromatic N) is 2. The summed E-state index contributed by atoms with van der Waals surface area (Å²) in [5, 5.41) is 0. The molecule has 0 radical (unpaired) electrons. The lowest BCUT2D eigenvalue weighted by molar-refractivity contribution is 0.0693. The van der Waals surface area contributed by atoms with E-state index in [0.29, 0.717) is 24.2 Å². The first-order chi connectivity index (χ1) is 12.9. The van der Waals surface area contributed by atoms with E-state index in [0.717, 1.165) is 24.1 Å². The third kappa shape index (κ3) is 4.56. The van der Waals surface area contributed by atoms with Crippen LogP contribution in [0.1, 0.15) is 42.2 Å². The molecule has 1 amide bonds. The predicted octanol–water partition coefficient (Wildman–Crippen LogP) is 3.49. The zero-order valence-electron chi connectivity index (χ0n) is 15.9. The van der Waals surface area contributed by atoms with E-state index >= 15 is 0 Å². The van der Waals surface area contributed by atoms with Gasteiger partial charge in [-0.15, -0.1) is 0 Å². The number of pyridine rings is 1. The highest BCUT2D eigenvalue weighted by Crippen LogP contribution is 2.23. The topological polar surface area (TPSA) is 67.3 Å². The molecule has 144 valence electrons. The van der Waals surface area contributed by atoms with E-state index in [1.165, 1.54) is 0 Å². The maximum absolute atomic E-state index is 13.2. The Morgan fingerprint density at radius 1 is 1.19 bits per heavy atom. The molecule has 2 aromatic rings. The van der Waals surface area contributed by atoms with Gasteiger partial charge in [-0.05, 0) is 31.9 Å². The molecular formula is C21H26N2O3S. The van der Waals surface area contributed by atoms with Crippen molar-refractivity contribution in [1.82, 2.24) is 9.88 Å². The molecule has 1 unspecified atom stereocenters. The fraction of sp³-hybridized carbons (Fsp3) is 0.429. The molecule has 3 rings (SSSR count). The Morgan fingerprint density at radius 2 is 1.93 bits per heavy atom. The SMILES string of the molecule is CCCCN(C(=O)c1ccc(-c2ccccc2)nc1C)C1CCS(=O)(=O)C1. The Labute approximate surface area is 161 Å². The molecule has 1 atom stereocenters. The van der Waals surface area contributed by atoms with Crippen molar-refractivity contribution < 1.29 is 13.2 Å². The number of sulfone groups is 1. The highest BCUT2D eigenvalue weighted by Gasteiger charge is 2.35. The number of aryl methyl sites for hydroxylation is 1. The number of amides is 1. The van der Waals surface area contributed by atoms with Crippen LogP contribution in [0.15, 0.2) is 42.5 Å². The van der Waals surface area contributed by atoms with Gasteiger partial charge in [-0.25, -0.2) is 8.42 Å². The molecule has 1 aliphatic heterocycles. The van der Waals surface area contributed by atoms with Gasteiger partial charge in [-0.3, -0.25) is 9.78 Å². The number of carbonyl (C=O) groups excluding carboxylic acids is 1. The number of benzene rings is 1. The minimum Gasteiger partial charge on any atom is -0.335 e. The largest absolute Gasteiger partial charge is 0.335 e. The number of carbonyl (C=O) groups is 1. The van der Waals surface area contributed by atoms with Crippen molar-refractivity contribution in [1.29, 1.82) is 0 Å². The van der Waals surface area contributed by atoms with E-state index in [4.69, 9.17) is 0 Å². The van der Waals surface area contributed by atoms with E-state index in [2.05, 4.69) is 11.9 Å². The minimum absolute atomic E-state index is 0.0665. The molecule has 1 aromatic heterocycles. The third-order valence-electron chi connectivity index (χ3n) is 5.05. The van der Waals surface area contributed by atoms with Crippen LogP contribution >= 0.6 is 0 Å². The van der Waals surface area contributed by atoms with Gasteiger partial charge in [0.05, 0.1) is 28.5 Å². The fourth-order valence-corrected chi connectivity index (χ4v) is 5.24. The lowest BCUT2D eigenvalue weighted by Crippen LogP contribution is -2.42. The first-order valence-electron chi connectivity index (χ1n) is 9.46. The Kier molecular flexibility index (Phi) is 5.95. The smallest absolute Gasteiger partial charge is 0.255 e. The second-order valence-electron chi connectivity index (χ2n) is 7.10. The van der Waals surface area contributed by atoms with Crippen molar-refractivity contribution in [2.24, 2.45) is 0 Å². The molecule has 0 N–H and O–H groups in total. The molecule has 1 saturated heterocycles. The summed E-state index contributed by atoms with van der Waals surface area (Å²) >= 11 is 0. The molecule has 5 nitrogen and oxygen atoms in total. The summed E-state index contributed by atoms with van der Waals surface area (Å²) in [6.45, 7) is 4.48. The van der Waals surface area contributed by atoms with Crippen LogP contribution in [0.25, 0.3) is 11.3 Å². The first kappa shape index (κ1) is 19.5. The maximum atomic E-state index is 13.2. The van der Waals surface area contributed by atoms with Gasteiger partial charge < -0.3 is 4.90 Å². The van der Waals surface area contributed by atoms with Crippen molar-refractivity contribution in [3.8, 4) is 11.3 Å². The van der Waals surface area contributed by atoms with Gasteiger partial charge in [0, 0.05) is 18.2 Å². The maximum Gasteiger partial charge on any atom is 0.255 e. The highest BCUT2D eigenvalue weighted by atomic mass is 32.2. The molecule has 0 saturated carbocycles. The average molecular weight is 387 g/mol. The predicted molar refractivity (Wildman–Crippen MR) is 107 cm³/mol. The van der Waals surface area contributed by atoms with E-state index in [9.17, 15) is 13.2 Å². The molecule has 27 heavy (non-hydrogen) atoms. The summed E-state index contributed by atoms with van der Waals surface area (Å²) < 4.78 is 23.8. The molecule has 0 aliphatic carbocycles. The fourth-order valence-electron chi connectivity index (χ4n) is 3.51. The number of rotatable bonds is 6. The Balaban J connectivity index is 1.87. The number of hydrogen-bond donors (Lipinski definition) is 0. The number of unbranched alkanes of at least 4 members (excludes halogenated alkanes) is 1. The van der Waals surface area contributed by atoms with E-state index < -0.39 is 9.84 Å². The molecule has 2 heterocycles. The number of aromatic nitrogens is 1. The van der Waals surface area contributed by atoms with Crippen LogP contribution in [0.3, 0.4) is 0 Å². The van der Waals surface area contributed by atoms with Gasteiger partial charge in [-0.1, -0.05) is 43.7 Å². The molecule has 1 aromatic carbocycles. The van der Waals surface area contributed by atoms with E-state index in [1.807, 2.05) is 49.4 Å². The van der Waals surface area contributed by atoms with Crippen LogP contribution in [0, 0.1) is 6.92 Å². The van der Waals surface area contributed by atoms with Gasteiger partial charge in [0.25, 0.3) is 5.91 Å². The summed E-state index contributed by atoms with van der Waals surface area (Å²) in [6, 6.07) is 13.3. The van der Waals surface area contributed by atoms with Crippen LogP contribution in [0.2, 0.25) is 0 Å². The Bertz CT molecular complexity index is 910. The minimum atomic E-state index is -3.04. The molecule has 0 bridgehead atoms. The summed E-state index contributed by atoms with van der Waals surface area (Å²) in [6.07, 6.45) is 2.33. The van der Waals surface area contributed by atoms with Crippen LogP contribution in [-0.2, 0) is 9.84 Å². The zero-order valence-corrected chi connectivity index (χ0v) is 16.7. The van der Waals surface area contributed by atoms with E-state index in [-0.39, 0.29) is 23.5 Å². The molecule has 1 aliphatic rings. The van der Waals surface area contributed by atoms with Crippen molar-refractivity contribution >= 4 is 15.7 Å². The second-order valence-corrected chi connectivity index (χ2v) is 9.33. The van der Waals surface area contributed by atoms with Crippen LogP contribution in [0.4, 0.5) is 0 Å². The number of hydrogen-bond acceptors (Lipinski definition) is 4. The molecule has 6 heteroatoms. The van der Waals surface area contributed by atoms with E-state index in [1.54, 1.807) is 4.90 Å². The van der Waals surface area contributed by atoms with Crippen molar-refractivity contribution in [3.63, 3.8) is 0 Å². The van der Waals surface area contributed by atoms with Crippen molar-refractivity contribution in [2.75, 3.05) is 18.1 Å². The van der Waals surface area contributed by atoms with Crippen LogP contribution in [-0.4, -0.2) is 48.3 Å². The van der Waals surface area contributed by atoms with Crippen LogP contribution in [0.5, 0.6) is 0 Å². The van der Waals surface area contributed by atoms with Gasteiger partial charge in [-0.2, -0.15) is 0 Å². The lowest BCUT2D eigenvalue weighted by atomic mass is 10.1.